The van der Waals surface area contributed by atoms with Crippen LogP contribution in [0.25, 0.3) is 0 Å². The molecule has 7 nitrogen and oxygen atoms in total. The molecule has 0 amide bonds. The van der Waals surface area contributed by atoms with Gasteiger partial charge in [-0.25, -0.2) is 0 Å². The number of rotatable bonds is 7. The van der Waals surface area contributed by atoms with Gasteiger partial charge in [-0.3, -0.25) is 14.7 Å². The van der Waals surface area contributed by atoms with E-state index in [9.17, 15) is 5.11 Å². The Labute approximate surface area is 172 Å². The molecule has 3 heterocycles. The highest BCUT2D eigenvalue weighted by Gasteiger charge is 2.20. The van der Waals surface area contributed by atoms with Crippen molar-refractivity contribution in [3.63, 3.8) is 0 Å². The molecule has 0 saturated carbocycles. The van der Waals surface area contributed by atoms with Crippen molar-refractivity contribution >= 4 is 0 Å². The lowest BCUT2D eigenvalue weighted by molar-refractivity contribution is 0.108. The second-order valence-electron chi connectivity index (χ2n) is 7.87. The van der Waals surface area contributed by atoms with Gasteiger partial charge < -0.3 is 19.4 Å². The van der Waals surface area contributed by atoms with Crippen LogP contribution in [0.3, 0.4) is 0 Å². The van der Waals surface area contributed by atoms with E-state index in [-0.39, 0.29) is 13.2 Å². The monoisotopic (exact) mass is 401 g/mol. The van der Waals surface area contributed by atoms with Crippen LogP contribution in [0, 0.1) is 0 Å². The standard InChI is InChI=1S/C22H31N3O4/c26-11-9-23-5-7-24(8-6-23)14-18-1-4-22-19(13-18)15-25(10-12-28-22)16-20-2-3-21(17-27)29-20/h1-4,13,26-27H,5-12,14-17H2. The Kier molecular flexibility index (Phi) is 6.84. The molecule has 0 spiro atoms. The van der Waals surface area contributed by atoms with Gasteiger partial charge in [0.2, 0.25) is 0 Å². The summed E-state index contributed by atoms with van der Waals surface area (Å²) in [6, 6.07) is 10.3. The molecule has 2 aliphatic heterocycles. The first-order chi connectivity index (χ1) is 14.2. The fourth-order valence-electron chi connectivity index (χ4n) is 4.12. The van der Waals surface area contributed by atoms with Crippen molar-refractivity contribution in [3.05, 3.63) is 53.0 Å². The Morgan fingerprint density at radius 2 is 1.62 bits per heavy atom. The van der Waals surface area contributed by atoms with E-state index in [4.69, 9.17) is 14.3 Å². The molecule has 0 bridgehead atoms. The fraction of sp³-hybridized carbons (Fsp3) is 0.545. The van der Waals surface area contributed by atoms with Crippen molar-refractivity contribution in [2.45, 2.75) is 26.2 Å². The quantitative estimate of drug-likeness (QED) is 0.724. The average Bonchev–Trinajstić information content (AvgIpc) is 3.09. The first kappa shape index (κ1) is 20.4. The van der Waals surface area contributed by atoms with Crippen LogP contribution in [0.4, 0.5) is 0 Å². The average molecular weight is 402 g/mol. The Morgan fingerprint density at radius 3 is 2.38 bits per heavy atom. The van der Waals surface area contributed by atoms with Crippen molar-refractivity contribution in [2.24, 2.45) is 0 Å². The van der Waals surface area contributed by atoms with Gasteiger partial charge in [-0.1, -0.05) is 6.07 Å². The summed E-state index contributed by atoms with van der Waals surface area (Å²) in [5.41, 5.74) is 2.53. The molecule has 0 atom stereocenters. The smallest absolute Gasteiger partial charge is 0.129 e. The predicted molar refractivity (Wildman–Crippen MR) is 109 cm³/mol. The summed E-state index contributed by atoms with van der Waals surface area (Å²) in [5, 5.41) is 18.3. The first-order valence-corrected chi connectivity index (χ1v) is 10.4. The van der Waals surface area contributed by atoms with Crippen molar-refractivity contribution in [3.8, 4) is 5.75 Å². The van der Waals surface area contributed by atoms with Gasteiger partial charge in [-0.15, -0.1) is 0 Å². The molecule has 29 heavy (non-hydrogen) atoms. The van der Waals surface area contributed by atoms with E-state index in [2.05, 4.69) is 32.9 Å². The van der Waals surface area contributed by atoms with Crippen LogP contribution < -0.4 is 4.74 Å². The Morgan fingerprint density at radius 1 is 0.828 bits per heavy atom. The molecule has 0 aliphatic carbocycles. The van der Waals surface area contributed by atoms with E-state index in [0.717, 1.165) is 63.9 Å². The number of benzene rings is 1. The summed E-state index contributed by atoms with van der Waals surface area (Å²) < 4.78 is 11.6. The van der Waals surface area contributed by atoms with Gasteiger partial charge in [0.15, 0.2) is 0 Å². The van der Waals surface area contributed by atoms with E-state index in [1.807, 2.05) is 12.1 Å². The summed E-state index contributed by atoms with van der Waals surface area (Å²) >= 11 is 0. The zero-order valence-corrected chi connectivity index (χ0v) is 16.9. The zero-order valence-electron chi connectivity index (χ0n) is 16.9. The lowest BCUT2D eigenvalue weighted by Gasteiger charge is -2.34. The van der Waals surface area contributed by atoms with Gasteiger partial charge in [0, 0.05) is 57.9 Å². The predicted octanol–water partition coefficient (Wildman–Crippen LogP) is 1.28. The zero-order chi connectivity index (χ0) is 20.1. The molecule has 0 unspecified atom stereocenters. The normalized spacial score (nSPS) is 19.0. The number of hydrogen-bond acceptors (Lipinski definition) is 7. The second kappa shape index (κ2) is 9.73. The largest absolute Gasteiger partial charge is 0.492 e. The lowest BCUT2D eigenvalue weighted by atomic mass is 10.1. The number of piperazine rings is 1. The molecular formula is C22H31N3O4. The van der Waals surface area contributed by atoms with E-state index >= 15 is 0 Å². The van der Waals surface area contributed by atoms with Crippen LogP contribution in [0.2, 0.25) is 0 Å². The van der Waals surface area contributed by atoms with Crippen LogP contribution in [0.15, 0.2) is 34.7 Å². The maximum atomic E-state index is 9.19. The highest BCUT2D eigenvalue weighted by atomic mass is 16.5. The molecule has 0 radical (unpaired) electrons. The van der Waals surface area contributed by atoms with E-state index in [1.165, 1.54) is 11.1 Å². The Balaban J connectivity index is 1.37. The number of aliphatic hydroxyl groups is 2. The van der Waals surface area contributed by atoms with Gasteiger partial charge >= 0.3 is 0 Å². The summed E-state index contributed by atoms with van der Waals surface area (Å²) in [4.78, 5) is 7.11. The number of ether oxygens (including phenoxy) is 1. The maximum Gasteiger partial charge on any atom is 0.129 e. The van der Waals surface area contributed by atoms with Crippen LogP contribution in [0.1, 0.15) is 22.6 Å². The minimum Gasteiger partial charge on any atom is -0.492 e. The second-order valence-corrected chi connectivity index (χ2v) is 7.87. The summed E-state index contributed by atoms with van der Waals surface area (Å²) in [5.74, 6) is 2.45. The van der Waals surface area contributed by atoms with Gasteiger partial charge in [0.1, 0.15) is 30.5 Å². The molecule has 2 aliphatic rings. The van der Waals surface area contributed by atoms with Crippen molar-refractivity contribution in [2.75, 3.05) is 52.5 Å². The minimum absolute atomic E-state index is 0.0659. The molecule has 4 rings (SSSR count). The third-order valence-electron chi connectivity index (χ3n) is 5.72. The van der Waals surface area contributed by atoms with Crippen LogP contribution in [-0.2, 0) is 26.2 Å². The van der Waals surface area contributed by atoms with Crippen molar-refractivity contribution in [1.82, 2.24) is 14.7 Å². The number of hydrogen-bond donors (Lipinski definition) is 2. The summed E-state index contributed by atoms with van der Waals surface area (Å²) in [6.45, 7) is 9.01. The summed E-state index contributed by atoms with van der Waals surface area (Å²) in [6.07, 6.45) is 0. The molecule has 158 valence electrons. The lowest BCUT2D eigenvalue weighted by Crippen LogP contribution is -2.46. The Hall–Kier alpha value is -1.90. The maximum absolute atomic E-state index is 9.19. The molecule has 1 saturated heterocycles. The van der Waals surface area contributed by atoms with Crippen LogP contribution in [-0.4, -0.2) is 77.4 Å². The van der Waals surface area contributed by atoms with E-state index in [0.29, 0.717) is 18.9 Å². The number of furan rings is 1. The third kappa shape index (κ3) is 5.38. The molecule has 2 N–H and O–H groups in total. The number of nitrogens with zero attached hydrogens (tertiary/aromatic N) is 3. The first-order valence-electron chi connectivity index (χ1n) is 10.4. The molecule has 1 aromatic carbocycles. The fourth-order valence-corrected chi connectivity index (χ4v) is 4.12. The van der Waals surface area contributed by atoms with Crippen molar-refractivity contribution < 1.29 is 19.4 Å². The van der Waals surface area contributed by atoms with Crippen LogP contribution >= 0.6 is 0 Å². The molecule has 1 aromatic heterocycles. The third-order valence-corrected chi connectivity index (χ3v) is 5.72. The Bertz CT molecular complexity index is 786. The van der Waals surface area contributed by atoms with Gasteiger partial charge in [0.25, 0.3) is 0 Å². The van der Waals surface area contributed by atoms with Crippen LogP contribution in [0.5, 0.6) is 5.75 Å². The highest BCUT2D eigenvalue weighted by molar-refractivity contribution is 5.38. The summed E-state index contributed by atoms with van der Waals surface area (Å²) in [7, 11) is 0. The minimum atomic E-state index is -0.0659. The van der Waals surface area contributed by atoms with E-state index in [1.54, 1.807) is 0 Å². The van der Waals surface area contributed by atoms with Crippen molar-refractivity contribution in [1.29, 1.82) is 0 Å². The molecule has 2 aromatic rings. The number of fused-ring (bicyclic) bond motifs is 1. The molecule has 1 fully saturated rings. The number of β-amino-alcohol motifs (C(OH)–C–C–N with tert-alkyl or cyclic N) is 1. The molecule has 7 heteroatoms. The van der Waals surface area contributed by atoms with Gasteiger partial charge in [-0.05, 0) is 29.8 Å². The number of aliphatic hydroxyl groups excluding tert-OH is 2. The van der Waals surface area contributed by atoms with E-state index < -0.39 is 0 Å². The SMILES string of the molecule is OCCN1CCN(Cc2ccc3c(c2)CN(Cc2ccc(CO)o2)CCO3)CC1. The topological polar surface area (TPSA) is 72.6 Å². The highest BCUT2D eigenvalue weighted by Crippen LogP contribution is 2.26. The molecular weight excluding hydrogens is 370 g/mol. The van der Waals surface area contributed by atoms with Gasteiger partial charge in [0.05, 0.1) is 13.2 Å². The van der Waals surface area contributed by atoms with Gasteiger partial charge in [-0.2, -0.15) is 0 Å².